The molecule has 1 heterocycles. The van der Waals surface area contributed by atoms with Crippen molar-refractivity contribution in [1.29, 1.82) is 0 Å². The molecule has 1 aromatic heterocycles. The predicted octanol–water partition coefficient (Wildman–Crippen LogP) is 3.12. The van der Waals surface area contributed by atoms with Gasteiger partial charge in [-0.15, -0.1) is 0 Å². The molecule has 0 atom stereocenters. The van der Waals surface area contributed by atoms with E-state index < -0.39 is 0 Å². The number of benzene rings is 1. The minimum atomic E-state index is 0.216. The van der Waals surface area contributed by atoms with E-state index in [1.54, 1.807) is 20.4 Å². The van der Waals surface area contributed by atoms with Crippen LogP contribution in [0.15, 0.2) is 24.4 Å². The van der Waals surface area contributed by atoms with Gasteiger partial charge in [0.15, 0.2) is 0 Å². The number of halogens is 1. The molecule has 0 unspecified atom stereocenters. The second-order valence-electron chi connectivity index (χ2n) is 3.74. The largest absolute Gasteiger partial charge is 0.497 e. The number of nitrogens with zero attached hydrogens (tertiary/aromatic N) is 2. The molecular weight excluding hydrogens is 252 g/mol. The molecule has 0 aliphatic rings. The van der Waals surface area contributed by atoms with Crippen LogP contribution in [0.2, 0.25) is 5.28 Å². The third-order valence-corrected chi connectivity index (χ3v) is 2.79. The highest BCUT2D eigenvalue weighted by atomic mass is 35.5. The topological polar surface area (TPSA) is 44.2 Å². The first kappa shape index (κ1) is 12.6. The van der Waals surface area contributed by atoms with Gasteiger partial charge in [0.1, 0.15) is 11.5 Å². The fourth-order valence-electron chi connectivity index (χ4n) is 1.69. The van der Waals surface area contributed by atoms with Gasteiger partial charge < -0.3 is 9.47 Å². The van der Waals surface area contributed by atoms with Crippen molar-refractivity contribution in [2.24, 2.45) is 0 Å². The molecule has 4 nitrogen and oxygen atoms in total. The van der Waals surface area contributed by atoms with Crippen LogP contribution >= 0.6 is 11.6 Å². The Hall–Kier alpha value is -1.81. The van der Waals surface area contributed by atoms with Crippen LogP contribution < -0.4 is 9.47 Å². The van der Waals surface area contributed by atoms with E-state index in [1.165, 1.54) is 0 Å². The molecule has 2 aromatic rings. The number of hydrogen-bond donors (Lipinski definition) is 0. The fourth-order valence-corrected chi connectivity index (χ4v) is 1.82. The molecule has 1 aromatic carbocycles. The van der Waals surface area contributed by atoms with Gasteiger partial charge in [-0.3, -0.25) is 0 Å². The monoisotopic (exact) mass is 264 g/mol. The van der Waals surface area contributed by atoms with Crippen molar-refractivity contribution in [2.75, 3.05) is 14.2 Å². The second-order valence-corrected chi connectivity index (χ2v) is 4.07. The maximum Gasteiger partial charge on any atom is 0.222 e. The Kier molecular flexibility index (Phi) is 3.67. The van der Waals surface area contributed by atoms with E-state index in [0.29, 0.717) is 5.75 Å². The Morgan fingerprint density at radius 1 is 1.17 bits per heavy atom. The van der Waals surface area contributed by atoms with Crippen molar-refractivity contribution >= 4 is 11.6 Å². The molecule has 0 amide bonds. The highest BCUT2D eigenvalue weighted by Gasteiger charge is 2.12. The van der Waals surface area contributed by atoms with E-state index in [1.807, 2.05) is 25.1 Å². The highest BCUT2D eigenvalue weighted by molar-refractivity contribution is 6.28. The lowest BCUT2D eigenvalue weighted by Crippen LogP contribution is -1.95. The van der Waals surface area contributed by atoms with Crippen molar-refractivity contribution in [3.63, 3.8) is 0 Å². The molecule has 18 heavy (non-hydrogen) atoms. The fraction of sp³-hybridized carbons (Fsp3) is 0.231. The molecule has 2 rings (SSSR count). The highest BCUT2D eigenvalue weighted by Crippen LogP contribution is 2.33. The summed E-state index contributed by atoms with van der Waals surface area (Å²) in [6.07, 6.45) is 1.69. The second kappa shape index (κ2) is 5.23. The van der Waals surface area contributed by atoms with Crippen molar-refractivity contribution < 1.29 is 9.47 Å². The first-order chi connectivity index (χ1) is 8.65. The predicted molar refractivity (Wildman–Crippen MR) is 70.3 cm³/mol. The molecule has 0 saturated carbocycles. The standard InChI is InChI=1S/C13H13ClN2O2/c1-8-7-15-13(14)16-12(8)10-5-4-9(17-2)6-11(10)18-3/h4-7H,1-3H3. The summed E-state index contributed by atoms with van der Waals surface area (Å²) in [6.45, 7) is 1.93. The first-order valence-corrected chi connectivity index (χ1v) is 5.75. The number of hydrogen-bond acceptors (Lipinski definition) is 4. The van der Waals surface area contributed by atoms with Gasteiger partial charge in [-0.25, -0.2) is 9.97 Å². The van der Waals surface area contributed by atoms with Crippen LogP contribution in [0, 0.1) is 6.92 Å². The molecule has 5 heteroatoms. The lowest BCUT2D eigenvalue weighted by atomic mass is 10.1. The lowest BCUT2D eigenvalue weighted by Gasteiger charge is -2.11. The quantitative estimate of drug-likeness (QED) is 0.799. The van der Waals surface area contributed by atoms with Crippen LogP contribution in [0.3, 0.4) is 0 Å². The Balaban J connectivity index is 2.59. The SMILES string of the molecule is COc1ccc(-c2nc(Cl)ncc2C)c(OC)c1. The normalized spacial score (nSPS) is 10.2. The van der Waals surface area contributed by atoms with E-state index in [4.69, 9.17) is 21.1 Å². The van der Waals surface area contributed by atoms with Gasteiger partial charge in [-0.1, -0.05) is 0 Å². The maximum absolute atomic E-state index is 5.83. The van der Waals surface area contributed by atoms with Gasteiger partial charge in [0, 0.05) is 17.8 Å². The first-order valence-electron chi connectivity index (χ1n) is 5.37. The third kappa shape index (κ3) is 2.38. The van der Waals surface area contributed by atoms with Gasteiger partial charge in [0.05, 0.1) is 19.9 Å². The summed E-state index contributed by atoms with van der Waals surface area (Å²) in [6, 6.07) is 5.56. The molecule has 0 aliphatic carbocycles. The van der Waals surface area contributed by atoms with Crippen LogP contribution in [-0.2, 0) is 0 Å². The molecule has 0 radical (unpaired) electrons. The summed E-state index contributed by atoms with van der Waals surface area (Å²) in [7, 11) is 3.22. The van der Waals surface area contributed by atoms with Crippen molar-refractivity contribution in [3.05, 3.63) is 35.2 Å². The number of ether oxygens (including phenoxy) is 2. The molecule has 0 saturated heterocycles. The van der Waals surface area contributed by atoms with Crippen LogP contribution in [0.1, 0.15) is 5.56 Å². The molecule has 0 fully saturated rings. The number of aryl methyl sites for hydroxylation is 1. The van der Waals surface area contributed by atoms with Crippen LogP contribution in [0.5, 0.6) is 11.5 Å². The number of rotatable bonds is 3. The minimum absolute atomic E-state index is 0.216. The Morgan fingerprint density at radius 3 is 2.61 bits per heavy atom. The van der Waals surface area contributed by atoms with Crippen LogP contribution in [0.25, 0.3) is 11.3 Å². The Labute approximate surface area is 111 Å². The zero-order valence-electron chi connectivity index (χ0n) is 10.4. The average molecular weight is 265 g/mol. The zero-order valence-corrected chi connectivity index (χ0v) is 11.2. The van der Waals surface area contributed by atoms with Crippen LogP contribution in [-0.4, -0.2) is 24.2 Å². The molecule has 0 N–H and O–H groups in total. The van der Waals surface area contributed by atoms with Gasteiger partial charge in [-0.2, -0.15) is 0 Å². The summed E-state index contributed by atoms with van der Waals surface area (Å²) in [5, 5.41) is 0.216. The summed E-state index contributed by atoms with van der Waals surface area (Å²) in [4.78, 5) is 8.18. The summed E-state index contributed by atoms with van der Waals surface area (Å²) >= 11 is 5.83. The van der Waals surface area contributed by atoms with Gasteiger partial charge in [0.2, 0.25) is 5.28 Å². The van der Waals surface area contributed by atoms with E-state index >= 15 is 0 Å². The van der Waals surface area contributed by atoms with Crippen molar-refractivity contribution in [3.8, 4) is 22.8 Å². The Bertz CT molecular complexity index is 573. The smallest absolute Gasteiger partial charge is 0.222 e. The van der Waals surface area contributed by atoms with E-state index in [-0.39, 0.29) is 5.28 Å². The number of aromatic nitrogens is 2. The van der Waals surface area contributed by atoms with Crippen molar-refractivity contribution in [2.45, 2.75) is 6.92 Å². The third-order valence-electron chi connectivity index (χ3n) is 2.61. The minimum Gasteiger partial charge on any atom is -0.497 e. The molecular formula is C13H13ClN2O2. The molecule has 0 spiro atoms. The molecule has 94 valence electrons. The Morgan fingerprint density at radius 2 is 1.94 bits per heavy atom. The van der Waals surface area contributed by atoms with E-state index in [9.17, 15) is 0 Å². The van der Waals surface area contributed by atoms with Gasteiger partial charge in [-0.05, 0) is 36.2 Å². The lowest BCUT2D eigenvalue weighted by molar-refractivity contribution is 0.395. The van der Waals surface area contributed by atoms with Crippen LogP contribution in [0.4, 0.5) is 0 Å². The average Bonchev–Trinajstić information content (AvgIpc) is 2.41. The zero-order chi connectivity index (χ0) is 13.1. The molecule has 0 bridgehead atoms. The van der Waals surface area contributed by atoms with Gasteiger partial charge >= 0.3 is 0 Å². The summed E-state index contributed by atoms with van der Waals surface area (Å²) in [5.74, 6) is 1.42. The number of methoxy groups -OCH3 is 2. The maximum atomic E-state index is 5.83. The van der Waals surface area contributed by atoms with Crippen molar-refractivity contribution in [1.82, 2.24) is 9.97 Å². The van der Waals surface area contributed by atoms with E-state index in [2.05, 4.69) is 9.97 Å². The summed E-state index contributed by atoms with van der Waals surface area (Å²) in [5.41, 5.74) is 2.55. The summed E-state index contributed by atoms with van der Waals surface area (Å²) < 4.78 is 10.5. The van der Waals surface area contributed by atoms with E-state index in [0.717, 1.165) is 22.6 Å². The molecule has 0 aliphatic heterocycles. The van der Waals surface area contributed by atoms with Gasteiger partial charge in [0.25, 0.3) is 0 Å².